The van der Waals surface area contributed by atoms with Crippen molar-refractivity contribution in [3.8, 4) is 0 Å². The third-order valence-corrected chi connectivity index (χ3v) is 7.06. The van der Waals surface area contributed by atoms with Crippen molar-refractivity contribution in [1.29, 1.82) is 0 Å². The summed E-state index contributed by atoms with van der Waals surface area (Å²) in [5.74, 6) is 1.41. The van der Waals surface area contributed by atoms with E-state index < -0.39 is 10.0 Å². The number of unbranched alkanes of at least 4 members (excludes halogenated alkanes) is 1. The van der Waals surface area contributed by atoms with Crippen LogP contribution in [0.2, 0.25) is 0 Å². The van der Waals surface area contributed by atoms with E-state index in [2.05, 4.69) is 36.1 Å². The molecule has 2 rings (SSSR count). The zero-order valence-electron chi connectivity index (χ0n) is 18.5. The van der Waals surface area contributed by atoms with Gasteiger partial charge in [0.2, 0.25) is 10.0 Å². The van der Waals surface area contributed by atoms with Crippen molar-refractivity contribution in [2.24, 2.45) is 10.9 Å². The number of nitrogens with zero attached hydrogens (tertiary/aromatic N) is 4. The van der Waals surface area contributed by atoms with Gasteiger partial charge in [-0.3, -0.25) is 4.99 Å². The first-order valence-electron chi connectivity index (χ1n) is 10.9. The first-order chi connectivity index (χ1) is 14.0. The Kier molecular flexibility index (Phi) is 12.9. The van der Waals surface area contributed by atoms with Crippen molar-refractivity contribution in [2.75, 3.05) is 39.3 Å². The van der Waals surface area contributed by atoms with Gasteiger partial charge in [-0.25, -0.2) is 8.42 Å². The molecule has 0 amide bonds. The lowest BCUT2D eigenvalue weighted by Crippen LogP contribution is -2.54. The van der Waals surface area contributed by atoms with Crippen molar-refractivity contribution in [3.63, 3.8) is 0 Å². The summed E-state index contributed by atoms with van der Waals surface area (Å²) >= 11 is 0. The fraction of sp³-hybridized carbons (Fsp3) is 0.800. The van der Waals surface area contributed by atoms with Crippen LogP contribution in [0.1, 0.15) is 58.6 Å². The topological polar surface area (TPSA) is 91.0 Å². The highest BCUT2D eigenvalue weighted by Crippen LogP contribution is 2.16. The molecule has 1 aromatic rings. The summed E-state index contributed by atoms with van der Waals surface area (Å²) in [6.07, 6.45) is 7.47. The lowest BCUT2D eigenvalue weighted by atomic mass is 9.97. The number of sulfonamides is 1. The number of piperazine rings is 1. The third-order valence-electron chi connectivity index (χ3n) is 5.25. The van der Waals surface area contributed by atoms with E-state index in [1.54, 1.807) is 10.4 Å². The Balaban J connectivity index is 0.00000450. The Morgan fingerprint density at radius 3 is 2.50 bits per heavy atom. The van der Waals surface area contributed by atoms with E-state index in [0.717, 1.165) is 19.0 Å². The second kappa shape index (κ2) is 14.2. The lowest BCUT2D eigenvalue weighted by Gasteiger charge is -2.36. The minimum absolute atomic E-state index is 0. The van der Waals surface area contributed by atoms with Crippen molar-refractivity contribution in [3.05, 3.63) is 18.0 Å². The molecule has 2 heterocycles. The summed E-state index contributed by atoms with van der Waals surface area (Å²) in [6.45, 7) is 10.3. The van der Waals surface area contributed by atoms with Crippen LogP contribution in [0.3, 0.4) is 0 Å². The first-order valence-corrected chi connectivity index (χ1v) is 12.5. The van der Waals surface area contributed by atoms with Crippen molar-refractivity contribution in [1.82, 2.24) is 19.7 Å². The van der Waals surface area contributed by atoms with Crippen LogP contribution in [0.25, 0.3) is 0 Å². The molecule has 0 aromatic carbocycles. The maximum atomic E-state index is 12.6. The number of aromatic nitrogens is 1. The summed E-state index contributed by atoms with van der Waals surface area (Å²) in [4.78, 5) is 7.07. The van der Waals surface area contributed by atoms with Gasteiger partial charge in [-0.15, -0.1) is 24.0 Å². The van der Waals surface area contributed by atoms with Gasteiger partial charge in [0.25, 0.3) is 0 Å². The lowest BCUT2D eigenvalue weighted by molar-refractivity contribution is 0.259. The number of hydrogen-bond donors (Lipinski definition) is 1. The maximum absolute atomic E-state index is 12.6. The van der Waals surface area contributed by atoms with Crippen LogP contribution in [0.4, 0.5) is 0 Å². The van der Waals surface area contributed by atoms with Crippen LogP contribution < -0.4 is 5.32 Å². The number of nitrogens with one attached hydrogen (secondary N) is 1. The van der Waals surface area contributed by atoms with Crippen molar-refractivity contribution >= 4 is 40.0 Å². The Morgan fingerprint density at radius 1 is 1.20 bits per heavy atom. The van der Waals surface area contributed by atoms with E-state index in [1.807, 2.05) is 0 Å². The number of aliphatic imine (C=N–C) groups is 1. The molecular formula is C20H38IN5O3S. The molecule has 1 atom stereocenters. The first kappa shape index (κ1) is 27.2. The van der Waals surface area contributed by atoms with E-state index in [1.165, 1.54) is 38.4 Å². The fourth-order valence-corrected chi connectivity index (χ4v) is 5.06. The van der Waals surface area contributed by atoms with E-state index in [4.69, 9.17) is 9.52 Å². The van der Waals surface area contributed by atoms with E-state index in [9.17, 15) is 8.42 Å². The van der Waals surface area contributed by atoms with Crippen molar-refractivity contribution < 1.29 is 12.9 Å². The monoisotopic (exact) mass is 555 g/mol. The highest BCUT2D eigenvalue weighted by atomic mass is 127. The van der Waals surface area contributed by atoms with E-state index >= 15 is 0 Å². The Labute approximate surface area is 198 Å². The van der Waals surface area contributed by atoms with Crippen LogP contribution in [0.15, 0.2) is 21.8 Å². The maximum Gasteiger partial charge on any atom is 0.220 e. The Morgan fingerprint density at radius 2 is 1.93 bits per heavy atom. The standard InChI is InChI=1S/C20H37N5O3S.HI/c1-4-7-9-18(8-5-2)16-22-20(21-6-3)24-11-13-25(14-12-24)29(26,27)17-19-10-15-28-23-19;/h10,15,18H,4-9,11-14,16-17H2,1-3H3,(H,21,22);1H. The van der Waals surface area contributed by atoms with Crippen LogP contribution in [0.5, 0.6) is 0 Å². The van der Waals surface area contributed by atoms with Gasteiger partial charge in [0.15, 0.2) is 5.96 Å². The molecule has 0 spiro atoms. The molecule has 1 unspecified atom stereocenters. The van der Waals surface area contributed by atoms with Gasteiger partial charge in [0.05, 0.1) is 5.69 Å². The van der Waals surface area contributed by atoms with Gasteiger partial charge in [-0.2, -0.15) is 4.31 Å². The summed E-state index contributed by atoms with van der Waals surface area (Å²) in [7, 11) is -3.39. The zero-order chi connectivity index (χ0) is 21.1. The normalized spacial score (nSPS) is 16.9. The number of halogens is 1. The molecule has 10 heteroatoms. The van der Waals surface area contributed by atoms with Crippen LogP contribution in [0, 0.1) is 5.92 Å². The Hall–Kier alpha value is -0.880. The van der Waals surface area contributed by atoms with Gasteiger partial charge >= 0.3 is 0 Å². The number of hydrogen-bond acceptors (Lipinski definition) is 5. The van der Waals surface area contributed by atoms with Crippen LogP contribution in [-0.2, 0) is 15.8 Å². The van der Waals surface area contributed by atoms with E-state index in [-0.39, 0.29) is 29.7 Å². The summed E-state index contributed by atoms with van der Waals surface area (Å²) in [6, 6.07) is 1.59. The smallest absolute Gasteiger partial charge is 0.220 e. The predicted molar refractivity (Wildman–Crippen MR) is 132 cm³/mol. The molecule has 1 aliphatic heterocycles. The SMILES string of the molecule is CCCCC(CCC)CN=C(NCC)N1CCN(S(=O)(=O)Cc2ccon2)CC1.I. The summed E-state index contributed by atoms with van der Waals surface area (Å²) in [5, 5.41) is 7.10. The molecule has 0 bridgehead atoms. The largest absolute Gasteiger partial charge is 0.364 e. The predicted octanol–water partition coefficient (Wildman–Crippen LogP) is 3.31. The van der Waals surface area contributed by atoms with Gasteiger partial charge in [0.1, 0.15) is 12.0 Å². The van der Waals surface area contributed by atoms with Crippen molar-refractivity contribution in [2.45, 2.75) is 58.6 Å². The molecular weight excluding hydrogens is 517 g/mol. The quantitative estimate of drug-likeness (QED) is 0.256. The summed E-state index contributed by atoms with van der Waals surface area (Å²) in [5.41, 5.74) is 0.441. The number of rotatable bonds is 11. The highest BCUT2D eigenvalue weighted by molar-refractivity contribution is 14.0. The molecule has 0 radical (unpaired) electrons. The second-order valence-corrected chi connectivity index (χ2v) is 9.59. The minimum atomic E-state index is -3.39. The molecule has 8 nitrogen and oxygen atoms in total. The van der Waals surface area contributed by atoms with E-state index in [0.29, 0.717) is 37.8 Å². The van der Waals surface area contributed by atoms with Crippen LogP contribution in [-0.4, -0.2) is 68.0 Å². The van der Waals surface area contributed by atoms with Gasteiger partial charge < -0.3 is 14.7 Å². The number of guanidine groups is 1. The highest BCUT2D eigenvalue weighted by Gasteiger charge is 2.29. The second-order valence-electron chi connectivity index (χ2n) is 7.62. The molecule has 0 saturated carbocycles. The molecule has 1 saturated heterocycles. The van der Waals surface area contributed by atoms with Gasteiger partial charge in [-0.1, -0.05) is 38.3 Å². The molecule has 1 fully saturated rings. The Bertz CT molecular complexity index is 704. The van der Waals surface area contributed by atoms with Gasteiger partial charge in [-0.05, 0) is 25.7 Å². The van der Waals surface area contributed by atoms with Gasteiger partial charge in [0, 0.05) is 45.3 Å². The summed E-state index contributed by atoms with van der Waals surface area (Å²) < 4.78 is 31.5. The van der Waals surface area contributed by atoms with Crippen LogP contribution >= 0.6 is 24.0 Å². The zero-order valence-corrected chi connectivity index (χ0v) is 21.7. The molecule has 1 N–H and O–H groups in total. The average Bonchev–Trinajstić information content (AvgIpc) is 3.21. The minimum Gasteiger partial charge on any atom is -0.364 e. The molecule has 0 aliphatic carbocycles. The fourth-order valence-electron chi connectivity index (χ4n) is 3.64. The molecule has 174 valence electrons. The molecule has 1 aliphatic rings. The molecule has 1 aromatic heterocycles. The third kappa shape index (κ3) is 8.70. The average molecular weight is 556 g/mol. The molecule has 30 heavy (non-hydrogen) atoms.